The van der Waals surface area contributed by atoms with E-state index < -0.39 is 0 Å². The molecule has 0 atom stereocenters. The molecule has 0 aromatic rings. The molecule has 9 heavy (non-hydrogen) atoms. The van der Waals surface area contributed by atoms with Crippen LogP contribution in [0.1, 0.15) is 33.6 Å². The molecule has 58 valence electrons. The van der Waals surface area contributed by atoms with Crippen LogP contribution in [0, 0.1) is 0 Å². The van der Waals surface area contributed by atoms with Gasteiger partial charge in [-0.1, -0.05) is 27.2 Å². The largest absolute Gasteiger partial charge is 0.309 e. The van der Waals surface area contributed by atoms with Gasteiger partial charge in [0.25, 0.3) is 0 Å². The van der Waals surface area contributed by atoms with Crippen LogP contribution in [0.25, 0.3) is 0 Å². The Morgan fingerprint density at radius 2 is 1.33 bits per heavy atom. The Bertz CT molecular complexity index is 33.5. The smallest absolute Gasteiger partial charge is 0.00275 e. The maximum atomic E-state index is 2.18. The summed E-state index contributed by atoms with van der Waals surface area (Å²) in [5.41, 5.74) is 0. The predicted molar refractivity (Wildman–Crippen MR) is 44.8 cm³/mol. The minimum Gasteiger partial charge on any atom is -0.309 e. The van der Waals surface area contributed by atoms with E-state index in [2.05, 4.69) is 39.8 Å². The summed E-state index contributed by atoms with van der Waals surface area (Å²) >= 11 is 0. The van der Waals surface area contributed by atoms with Gasteiger partial charge in [0.05, 0.1) is 0 Å². The van der Waals surface area contributed by atoms with Crippen LogP contribution in [-0.4, -0.2) is 25.5 Å². The monoisotopic (exact) mass is 131 g/mol. The molecule has 0 saturated heterocycles. The molecule has 0 aliphatic heterocycles. The molecule has 0 radical (unpaired) electrons. The number of hydrogen-bond acceptors (Lipinski definition) is 1. The Morgan fingerprint density at radius 3 is 1.33 bits per heavy atom. The van der Waals surface area contributed by atoms with Gasteiger partial charge in [0.15, 0.2) is 0 Å². The van der Waals surface area contributed by atoms with E-state index in [1.807, 2.05) is 0 Å². The highest BCUT2D eigenvalue weighted by Gasteiger charge is 1.79. The fourth-order valence-electron chi connectivity index (χ4n) is 0.447. The normalized spacial score (nSPS) is 8.67. The Kier molecular flexibility index (Phi) is 14.1. The van der Waals surface area contributed by atoms with Gasteiger partial charge in [0, 0.05) is 0 Å². The van der Waals surface area contributed by atoms with Gasteiger partial charge in [-0.05, 0) is 27.1 Å². The average Bonchev–Trinajstić information content (AvgIpc) is 1.67. The van der Waals surface area contributed by atoms with Crippen molar-refractivity contribution in [2.24, 2.45) is 0 Å². The van der Waals surface area contributed by atoms with Crippen molar-refractivity contribution < 1.29 is 0 Å². The topological polar surface area (TPSA) is 3.24 Å². The Morgan fingerprint density at radius 1 is 1.00 bits per heavy atom. The third-order valence-corrected chi connectivity index (χ3v) is 0.671. The molecule has 0 rings (SSSR count). The lowest BCUT2D eigenvalue weighted by molar-refractivity contribution is 0.408. The minimum absolute atomic E-state index is 1.21. The summed E-state index contributed by atoms with van der Waals surface area (Å²) in [7, 11) is 4.17. The number of rotatable bonds is 2. The van der Waals surface area contributed by atoms with Crippen LogP contribution < -0.4 is 0 Å². The highest BCUT2D eigenvalue weighted by molar-refractivity contribution is 4.34. The minimum atomic E-state index is 1.21. The van der Waals surface area contributed by atoms with Gasteiger partial charge in [-0.25, -0.2) is 0 Å². The molecule has 0 heterocycles. The highest BCUT2D eigenvalue weighted by Crippen LogP contribution is 1.76. The molecular formula is C8H21N. The van der Waals surface area contributed by atoms with E-state index in [-0.39, 0.29) is 0 Å². The van der Waals surface area contributed by atoms with Crippen LogP contribution in [0.2, 0.25) is 0 Å². The van der Waals surface area contributed by atoms with Crippen LogP contribution in [0.4, 0.5) is 0 Å². The zero-order chi connectivity index (χ0) is 7.70. The number of hydrogen-bond donors (Lipinski definition) is 0. The highest BCUT2D eigenvalue weighted by atomic mass is 15.0. The van der Waals surface area contributed by atoms with E-state index in [9.17, 15) is 0 Å². The van der Waals surface area contributed by atoms with Gasteiger partial charge < -0.3 is 4.90 Å². The first-order valence-electron chi connectivity index (χ1n) is 3.83. The molecular weight excluding hydrogens is 110 g/mol. The Hall–Kier alpha value is -0.0400. The molecule has 0 aliphatic carbocycles. The van der Waals surface area contributed by atoms with Crippen LogP contribution in [-0.2, 0) is 0 Å². The van der Waals surface area contributed by atoms with Gasteiger partial charge in [-0.3, -0.25) is 0 Å². The van der Waals surface area contributed by atoms with E-state index in [1.54, 1.807) is 0 Å². The van der Waals surface area contributed by atoms with Gasteiger partial charge in [-0.2, -0.15) is 0 Å². The van der Waals surface area contributed by atoms with Crippen molar-refractivity contribution >= 4 is 0 Å². The molecule has 0 unspecified atom stereocenters. The van der Waals surface area contributed by atoms with E-state index in [0.717, 1.165) is 0 Å². The van der Waals surface area contributed by atoms with Crippen molar-refractivity contribution in [1.82, 2.24) is 4.90 Å². The second-order valence-corrected chi connectivity index (χ2v) is 2.51. The standard InChI is InChI=1S/C5H13N.C3H8/c1-4-5-6(2)3;1-3-2/h4-5H2,1-3H3;3H2,1-2H3. The molecule has 0 amide bonds. The summed E-state index contributed by atoms with van der Waals surface area (Å²) in [6, 6.07) is 0. The molecule has 0 bridgehead atoms. The summed E-state index contributed by atoms with van der Waals surface area (Å²) in [5.74, 6) is 0. The van der Waals surface area contributed by atoms with Gasteiger partial charge in [0.2, 0.25) is 0 Å². The van der Waals surface area contributed by atoms with Crippen LogP contribution in [0.15, 0.2) is 0 Å². The van der Waals surface area contributed by atoms with E-state index in [1.165, 1.54) is 19.4 Å². The zero-order valence-electron chi connectivity index (χ0n) is 7.57. The molecule has 0 saturated carbocycles. The Labute approximate surface area is 60.1 Å². The van der Waals surface area contributed by atoms with Crippen molar-refractivity contribution in [3.63, 3.8) is 0 Å². The molecule has 1 heteroatoms. The van der Waals surface area contributed by atoms with Gasteiger partial charge >= 0.3 is 0 Å². The lowest BCUT2D eigenvalue weighted by atomic mass is 10.5. The fourth-order valence-corrected chi connectivity index (χ4v) is 0.447. The molecule has 0 aliphatic rings. The number of nitrogens with zero attached hydrogens (tertiary/aromatic N) is 1. The Balaban J connectivity index is 0. The third kappa shape index (κ3) is 32.3. The molecule has 0 spiro atoms. The first kappa shape index (κ1) is 11.7. The average molecular weight is 131 g/mol. The summed E-state index contributed by atoms with van der Waals surface area (Å²) < 4.78 is 0. The third-order valence-electron chi connectivity index (χ3n) is 0.671. The van der Waals surface area contributed by atoms with Crippen molar-refractivity contribution in [3.8, 4) is 0 Å². The molecule has 1 nitrogen and oxygen atoms in total. The molecule has 0 N–H and O–H groups in total. The van der Waals surface area contributed by atoms with Crippen molar-refractivity contribution in [3.05, 3.63) is 0 Å². The SMILES string of the molecule is CCC.CCCN(C)C. The summed E-state index contributed by atoms with van der Waals surface area (Å²) in [6.07, 6.45) is 2.51. The lowest BCUT2D eigenvalue weighted by Crippen LogP contribution is -2.11. The maximum Gasteiger partial charge on any atom is -0.00275 e. The summed E-state index contributed by atoms with van der Waals surface area (Å²) in [5, 5.41) is 0. The van der Waals surface area contributed by atoms with Crippen molar-refractivity contribution in [2.45, 2.75) is 33.6 Å². The van der Waals surface area contributed by atoms with Gasteiger partial charge in [-0.15, -0.1) is 0 Å². The fraction of sp³-hybridized carbons (Fsp3) is 1.00. The molecule has 0 aromatic carbocycles. The second kappa shape index (κ2) is 10.9. The second-order valence-electron chi connectivity index (χ2n) is 2.51. The van der Waals surface area contributed by atoms with Crippen LogP contribution in [0.5, 0.6) is 0 Å². The first-order valence-corrected chi connectivity index (χ1v) is 3.83. The lowest BCUT2D eigenvalue weighted by Gasteiger charge is -2.03. The first-order chi connectivity index (χ1) is 4.18. The summed E-state index contributed by atoms with van der Waals surface area (Å²) in [4.78, 5) is 2.18. The predicted octanol–water partition coefficient (Wildman–Crippen LogP) is 2.37. The van der Waals surface area contributed by atoms with Crippen LogP contribution in [0.3, 0.4) is 0 Å². The van der Waals surface area contributed by atoms with E-state index in [4.69, 9.17) is 0 Å². The summed E-state index contributed by atoms with van der Waals surface area (Å²) in [6.45, 7) is 7.64. The van der Waals surface area contributed by atoms with Crippen molar-refractivity contribution in [2.75, 3.05) is 20.6 Å². The maximum absolute atomic E-state index is 2.18. The van der Waals surface area contributed by atoms with Gasteiger partial charge in [0.1, 0.15) is 0 Å². The van der Waals surface area contributed by atoms with E-state index >= 15 is 0 Å². The zero-order valence-corrected chi connectivity index (χ0v) is 7.57. The van der Waals surface area contributed by atoms with E-state index in [0.29, 0.717) is 0 Å². The van der Waals surface area contributed by atoms with Crippen LogP contribution >= 0.6 is 0 Å². The molecule has 0 fully saturated rings. The quantitative estimate of drug-likeness (QED) is 0.556. The van der Waals surface area contributed by atoms with Crippen molar-refractivity contribution in [1.29, 1.82) is 0 Å². The molecule has 0 aromatic heterocycles.